The first-order valence-corrected chi connectivity index (χ1v) is 8.32. The van der Waals surface area contributed by atoms with Crippen LogP contribution in [0.4, 0.5) is 0 Å². The molecule has 1 aliphatic heterocycles. The smallest absolute Gasteiger partial charge is 0.174 e. The van der Waals surface area contributed by atoms with Crippen LogP contribution in [0.15, 0.2) is 49.1 Å². The van der Waals surface area contributed by atoms with Gasteiger partial charge >= 0.3 is 0 Å². The maximum absolute atomic E-state index is 12.4. The van der Waals surface area contributed by atoms with Crippen molar-refractivity contribution in [2.45, 2.75) is 38.5 Å². The van der Waals surface area contributed by atoms with Crippen LogP contribution in [0, 0.1) is 0 Å². The van der Waals surface area contributed by atoms with Crippen molar-refractivity contribution in [3.8, 4) is 0 Å². The maximum Gasteiger partial charge on any atom is 0.174 e. The van der Waals surface area contributed by atoms with Gasteiger partial charge in [-0.25, -0.2) is 5.48 Å². The maximum atomic E-state index is 12.4. The van der Waals surface area contributed by atoms with Crippen LogP contribution in [0.25, 0.3) is 0 Å². The molecule has 0 atom stereocenters. The van der Waals surface area contributed by atoms with Crippen molar-refractivity contribution in [3.63, 3.8) is 0 Å². The Kier molecular flexibility index (Phi) is 7.03. The average molecular weight is 327 g/mol. The largest absolute Gasteiger partial charge is 0.302 e. The van der Waals surface area contributed by atoms with Crippen LogP contribution in [-0.2, 0) is 10.3 Å². The minimum atomic E-state index is -0.586. The molecule has 1 N–H and O–H groups in total. The summed E-state index contributed by atoms with van der Waals surface area (Å²) in [4.78, 5) is 25.4. The summed E-state index contributed by atoms with van der Waals surface area (Å²) in [5.41, 5.74) is 3.80. The second kappa shape index (κ2) is 9.25. The van der Waals surface area contributed by atoms with Crippen molar-refractivity contribution in [1.29, 1.82) is 0 Å². The summed E-state index contributed by atoms with van der Waals surface area (Å²) in [7, 11) is 0. The molecule has 0 unspecified atom stereocenters. The predicted octanol–water partition coefficient (Wildman–Crippen LogP) is 3.33. The lowest BCUT2D eigenvalue weighted by Crippen LogP contribution is -2.29. The molecule has 3 heterocycles. The van der Waals surface area contributed by atoms with Crippen molar-refractivity contribution in [2.24, 2.45) is 0 Å². The van der Waals surface area contributed by atoms with E-state index in [4.69, 9.17) is 4.84 Å². The van der Waals surface area contributed by atoms with Crippen LogP contribution < -0.4 is 5.48 Å². The second-order valence-electron chi connectivity index (χ2n) is 6.24. The number of pyridine rings is 2. The minimum absolute atomic E-state index is 0.0543. The van der Waals surface area contributed by atoms with Gasteiger partial charge in [-0.3, -0.25) is 14.8 Å². The molecule has 3 rings (SSSR count). The molecule has 1 fully saturated rings. The number of carbonyl (C=O) groups is 1. The topological polar surface area (TPSA) is 64.1 Å². The Morgan fingerprint density at radius 3 is 2.50 bits per heavy atom. The molecular formula is C19H25N3O2. The third kappa shape index (κ3) is 5.22. The number of hydroxylamine groups is 1. The van der Waals surface area contributed by atoms with Gasteiger partial charge < -0.3 is 4.84 Å². The summed E-state index contributed by atoms with van der Waals surface area (Å²) in [5.74, 6) is 0.0543. The lowest BCUT2D eigenvalue weighted by molar-refractivity contribution is 0.0525. The summed E-state index contributed by atoms with van der Waals surface area (Å²) in [6.07, 6.45) is 10.5. The first-order chi connectivity index (χ1) is 11.6. The van der Waals surface area contributed by atoms with Gasteiger partial charge in [0.1, 0.15) is 0 Å². The molecule has 0 aromatic carbocycles. The zero-order valence-electron chi connectivity index (χ0n) is 14.4. The standard InChI is InChI=1S/C14H14N2O.C5H11NO/c1-14(2,12-6-4-8-16-10-12)13(17)11-5-3-7-15-9-11;1-2-4-6-7-5-3-1/h3-10H,1-2H3;6H,1-5H2. The van der Waals surface area contributed by atoms with Gasteiger partial charge in [-0.2, -0.15) is 0 Å². The molecule has 0 spiro atoms. The monoisotopic (exact) mass is 327 g/mol. The minimum Gasteiger partial charge on any atom is -0.302 e. The van der Waals surface area contributed by atoms with Gasteiger partial charge in [0.15, 0.2) is 5.78 Å². The fourth-order valence-electron chi connectivity index (χ4n) is 2.41. The van der Waals surface area contributed by atoms with Gasteiger partial charge in [0, 0.05) is 36.9 Å². The molecule has 24 heavy (non-hydrogen) atoms. The first kappa shape index (κ1) is 18.2. The van der Waals surface area contributed by atoms with Crippen LogP contribution in [0.2, 0.25) is 0 Å². The van der Waals surface area contributed by atoms with Crippen molar-refractivity contribution in [3.05, 3.63) is 60.2 Å². The molecule has 1 saturated heterocycles. The number of nitrogens with zero attached hydrogens (tertiary/aromatic N) is 2. The first-order valence-electron chi connectivity index (χ1n) is 8.32. The number of carbonyl (C=O) groups excluding carboxylic acids is 1. The summed E-state index contributed by atoms with van der Waals surface area (Å²) in [5, 5.41) is 0. The Morgan fingerprint density at radius 2 is 1.83 bits per heavy atom. The van der Waals surface area contributed by atoms with E-state index in [0.29, 0.717) is 5.56 Å². The number of rotatable bonds is 3. The lowest BCUT2D eigenvalue weighted by Gasteiger charge is -2.23. The van der Waals surface area contributed by atoms with E-state index in [9.17, 15) is 4.79 Å². The van der Waals surface area contributed by atoms with E-state index in [1.165, 1.54) is 19.3 Å². The van der Waals surface area contributed by atoms with Gasteiger partial charge in [-0.05, 0) is 56.9 Å². The van der Waals surface area contributed by atoms with E-state index in [-0.39, 0.29) is 5.78 Å². The van der Waals surface area contributed by atoms with E-state index < -0.39 is 5.41 Å². The summed E-state index contributed by atoms with van der Waals surface area (Å²) < 4.78 is 0. The van der Waals surface area contributed by atoms with Gasteiger partial charge in [0.05, 0.1) is 12.0 Å². The van der Waals surface area contributed by atoms with E-state index in [0.717, 1.165) is 18.7 Å². The second-order valence-corrected chi connectivity index (χ2v) is 6.24. The van der Waals surface area contributed by atoms with Crippen molar-refractivity contribution in [2.75, 3.05) is 13.2 Å². The molecule has 0 radical (unpaired) electrons. The number of aromatic nitrogens is 2. The zero-order valence-corrected chi connectivity index (χ0v) is 14.4. The summed E-state index contributed by atoms with van der Waals surface area (Å²) >= 11 is 0. The van der Waals surface area contributed by atoms with E-state index in [2.05, 4.69) is 15.4 Å². The highest BCUT2D eigenvalue weighted by Crippen LogP contribution is 2.26. The van der Waals surface area contributed by atoms with Crippen LogP contribution in [0.1, 0.15) is 49.0 Å². The van der Waals surface area contributed by atoms with Crippen LogP contribution in [-0.4, -0.2) is 28.9 Å². The molecule has 0 saturated carbocycles. The van der Waals surface area contributed by atoms with E-state index in [1.807, 2.05) is 26.0 Å². The predicted molar refractivity (Wildman–Crippen MR) is 93.6 cm³/mol. The number of hydrogen-bond donors (Lipinski definition) is 1. The Morgan fingerprint density at radius 1 is 1.08 bits per heavy atom. The quantitative estimate of drug-likeness (QED) is 0.876. The zero-order chi connectivity index (χ0) is 17.3. The Bertz CT molecular complexity index is 595. The van der Waals surface area contributed by atoms with Gasteiger partial charge in [-0.15, -0.1) is 0 Å². The summed E-state index contributed by atoms with van der Waals surface area (Å²) in [6, 6.07) is 7.31. The van der Waals surface area contributed by atoms with Gasteiger partial charge in [0.2, 0.25) is 0 Å². The number of ketones is 1. The lowest BCUT2D eigenvalue weighted by atomic mass is 9.79. The third-order valence-electron chi connectivity index (χ3n) is 4.00. The highest BCUT2D eigenvalue weighted by atomic mass is 16.6. The number of nitrogens with one attached hydrogen (secondary N) is 1. The normalized spacial score (nSPS) is 14.9. The SMILES string of the molecule is C1CCNOCC1.CC(C)(C(=O)c1cccnc1)c1cccnc1. The molecular weight excluding hydrogens is 302 g/mol. The molecule has 0 amide bonds. The fraction of sp³-hybridized carbons (Fsp3) is 0.421. The third-order valence-corrected chi connectivity index (χ3v) is 4.00. The Hall–Kier alpha value is -2.11. The summed E-state index contributed by atoms with van der Waals surface area (Å²) in [6.45, 7) is 5.72. The average Bonchev–Trinajstić information content (AvgIpc) is 2.96. The molecule has 5 nitrogen and oxygen atoms in total. The molecule has 0 bridgehead atoms. The van der Waals surface area contributed by atoms with Crippen molar-refractivity contribution < 1.29 is 9.63 Å². The highest BCUT2D eigenvalue weighted by Gasteiger charge is 2.30. The molecule has 2 aromatic heterocycles. The molecule has 2 aromatic rings. The van der Waals surface area contributed by atoms with E-state index >= 15 is 0 Å². The van der Waals surface area contributed by atoms with Crippen molar-refractivity contribution in [1.82, 2.24) is 15.4 Å². The number of Topliss-reactive ketones (excluding diaryl/α,β-unsaturated/α-hetero) is 1. The highest BCUT2D eigenvalue weighted by molar-refractivity contribution is 6.03. The van der Waals surface area contributed by atoms with Crippen molar-refractivity contribution >= 4 is 5.78 Å². The molecule has 128 valence electrons. The Balaban J connectivity index is 0.000000249. The number of hydrogen-bond acceptors (Lipinski definition) is 5. The van der Waals surface area contributed by atoms with Gasteiger partial charge in [0.25, 0.3) is 0 Å². The molecule has 5 heteroatoms. The van der Waals surface area contributed by atoms with Crippen LogP contribution >= 0.6 is 0 Å². The fourth-order valence-corrected chi connectivity index (χ4v) is 2.41. The molecule has 1 aliphatic rings. The van der Waals surface area contributed by atoms with Crippen LogP contribution in [0.5, 0.6) is 0 Å². The van der Waals surface area contributed by atoms with Gasteiger partial charge in [-0.1, -0.05) is 6.07 Å². The van der Waals surface area contributed by atoms with E-state index in [1.54, 1.807) is 36.9 Å². The molecule has 0 aliphatic carbocycles. The van der Waals surface area contributed by atoms with Crippen LogP contribution in [0.3, 0.4) is 0 Å². The Labute approximate surface area is 143 Å².